The van der Waals surface area contributed by atoms with Gasteiger partial charge in [0.2, 0.25) is 0 Å². The molecule has 106 valence electrons. The largest absolute Gasteiger partial charge is 0.383 e. The fourth-order valence-electron chi connectivity index (χ4n) is 2.12. The molecular formula is C16H16F2O2. The van der Waals surface area contributed by atoms with Crippen molar-refractivity contribution < 1.29 is 18.6 Å². The van der Waals surface area contributed by atoms with Gasteiger partial charge in [-0.1, -0.05) is 30.3 Å². The lowest BCUT2D eigenvalue weighted by atomic mass is 9.97. The van der Waals surface area contributed by atoms with Gasteiger partial charge >= 0.3 is 0 Å². The lowest BCUT2D eigenvalue weighted by Crippen LogP contribution is -2.07. The molecule has 0 aromatic heterocycles. The highest BCUT2D eigenvalue weighted by atomic mass is 19.1. The second-order valence-electron chi connectivity index (χ2n) is 4.67. The highest BCUT2D eigenvalue weighted by Crippen LogP contribution is 2.28. The molecule has 1 unspecified atom stereocenters. The molecule has 2 rings (SSSR count). The Balaban J connectivity index is 2.43. The van der Waals surface area contributed by atoms with Crippen LogP contribution in [0.15, 0.2) is 36.4 Å². The standard InChI is InChI=1S/C16H16F2O2/c1-10-6-7-13(17)14(15(10)18)16(19)12-5-3-4-11(8-12)9-20-2/h3-8,16,19H,9H2,1-2H3. The molecule has 0 bridgehead atoms. The van der Waals surface area contributed by atoms with Crippen molar-refractivity contribution in [2.45, 2.75) is 19.6 Å². The van der Waals surface area contributed by atoms with Gasteiger partial charge in [0.15, 0.2) is 0 Å². The van der Waals surface area contributed by atoms with Crippen molar-refractivity contribution in [2.75, 3.05) is 7.11 Å². The van der Waals surface area contributed by atoms with Crippen LogP contribution < -0.4 is 0 Å². The zero-order valence-corrected chi connectivity index (χ0v) is 11.4. The monoisotopic (exact) mass is 278 g/mol. The van der Waals surface area contributed by atoms with Crippen molar-refractivity contribution >= 4 is 0 Å². The van der Waals surface area contributed by atoms with Gasteiger partial charge in [-0.3, -0.25) is 0 Å². The number of halogens is 2. The maximum absolute atomic E-state index is 14.0. The molecule has 2 nitrogen and oxygen atoms in total. The first kappa shape index (κ1) is 14.6. The molecule has 0 saturated heterocycles. The van der Waals surface area contributed by atoms with Crippen LogP contribution in [-0.2, 0) is 11.3 Å². The molecule has 0 radical (unpaired) electrons. The molecule has 0 saturated carbocycles. The SMILES string of the molecule is COCc1cccc(C(O)c2c(F)ccc(C)c2F)c1. The fraction of sp³-hybridized carbons (Fsp3) is 0.250. The van der Waals surface area contributed by atoms with Gasteiger partial charge in [-0.05, 0) is 29.7 Å². The number of benzene rings is 2. The summed E-state index contributed by atoms with van der Waals surface area (Å²) in [7, 11) is 1.56. The van der Waals surface area contributed by atoms with Crippen LogP contribution in [-0.4, -0.2) is 12.2 Å². The van der Waals surface area contributed by atoms with E-state index in [1.54, 1.807) is 25.3 Å². The van der Waals surface area contributed by atoms with Crippen molar-refractivity contribution in [3.05, 3.63) is 70.3 Å². The molecule has 1 N–H and O–H groups in total. The van der Waals surface area contributed by atoms with E-state index < -0.39 is 17.7 Å². The van der Waals surface area contributed by atoms with Gasteiger partial charge in [-0.25, -0.2) is 8.78 Å². The number of ether oxygens (including phenoxy) is 1. The predicted octanol–water partition coefficient (Wildman–Crippen LogP) is 3.50. The van der Waals surface area contributed by atoms with Crippen LogP contribution in [0.1, 0.15) is 28.4 Å². The maximum Gasteiger partial charge on any atom is 0.135 e. The Bertz CT molecular complexity index is 611. The van der Waals surface area contributed by atoms with E-state index in [4.69, 9.17) is 4.74 Å². The minimum atomic E-state index is -1.34. The third-order valence-electron chi connectivity index (χ3n) is 3.17. The quantitative estimate of drug-likeness (QED) is 0.927. The van der Waals surface area contributed by atoms with Gasteiger partial charge in [0.1, 0.15) is 17.7 Å². The summed E-state index contributed by atoms with van der Waals surface area (Å²) in [5.41, 5.74) is 1.24. The Kier molecular flexibility index (Phi) is 4.47. The molecule has 0 spiro atoms. The third-order valence-corrected chi connectivity index (χ3v) is 3.17. The lowest BCUT2D eigenvalue weighted by molar-refractivity contribution is 0.183. The zero-order valence-electron chi connectivity index (χ0n) is 11.4. The normalized spacial score (nSPS) is 12.4. The minimum absolute atomic E-state index is 0.300. The summed E-state index contributed by atoms with van der Waals surface area (Å²) in [4.78, 5) is 0. The number of aliphatic hydroxyl groups excluding tert-OH is 1. The number of hydrogen-bond acceptors (Lipinski definition) is 2. The van der Waals surface area contributed by atoms with E-state index in [0.717, 1.165) is 11.6 Å². The van der Waals surface area contributed by atoms with Gasteiger partial charge in [-0.15, -0.1) is 0 Å². The Labute approximate surface area is 116 Å². The summed E-state index contributed by atoms with van der Waals surface area (Å²) in [6.45, 7) is 1.91. The van der Waals surface area contributed by atoms with Gasteiger partial charge < -0.3 is 9.84 Å². The van der Waals surface area contributed by atoms with E-state index in [1.165, 1.54) is 13.0 Å². The van der Waals surface area contributed by atoms with Gasteiger partial charge in [0.05, 0.1) is 12.2 Å². The maximum atomic E-state index is 14.0. The average molecular weight is 278 g/mol. The van der Waals surface area contributed by atoms with Gasteiger partial charge in [0.25, 0.3) is 0 Å². The molecule has 0 amide bonds. The summed E-state index contributed by atoms with van der Waals surface area (Å²) in [5, 5.41) is 10.2. The van der Waals surface area contributed by atoms with Crippen molar-refractivity contribution in [2.24, 2.45) is 0 Å². The summed E-state index contributed by atoms with van der Waals surface area (Å²) in [6, 6.07) is 9.36. The van der Waals surface area contributed by atoms with Crippen LogP contribution >= 0.6 is 0 Å². The molecule has 0 fully saturated rings. The first-order chi connectivity index (χ1) is 9.54. The van der Waals surface area contributed by atoms with E-state index in [1.807, 2.05) is 6.07 Å². The van der Waals surface area contributed by atoms with Gasteiger partial charge in [0, 0.05) is 7.11 Å². The fourth-order valence-corrected chi connectivity index (χ4v) is 2.12. The Morgan fingerprint density at radius 2 is 1.95 bits per heavy atom. The smallest absolute Gasteiger partial charge is 0.135 e. The van der Waals surface area contributed by atoms with E-state index in [2.05, 4.69) is 0 Å². The number of rotatable bonds is 4. The first-order valence-corrected chi connectivity index (χ1v) is 6.25. The molecule has 2 aromatic carbocycles. The summed E-state index contributed by atoms with van der Waals surface area (Å²) < 4.78 is 32.8. The molecule has 2 aromatic rings. The Hall–Kier alpha value is -1.78. The van der Waals surface area contributed by atoms with E-state index >= 15 is 0 Å². The second kappa shape index (κ2) is 6.11. The average Bonchev–Trinajstić information content (AvgIpc) is 2.44. The summed E-state index contributed by atoms with van der Waals surface area (Å²) in [6.07, 6.45) is -1.34. The Morgan fingerprint density at radius 1 is 1.20 bits per heavy atom. The van der Waals surface area contributed by atoms with Crippen LogP contribution in [0.5, 0.6) is 0 Å². The number of methoxy groups -OCH3 is 1. The highest BCUT2D eigenvalue weighted by Gasteiger charge is 2.21. The lowest BCUT2D eigenvalue weighted by Gasteiger charge is -2.15. The van der Waals surface area contributed by atoms with Crippen LogP contribution in [0.4, 0.5) is 8.78 Å². The van der Waals surface area contributed by atoms with Crippen LogP contribution in [0.25, 0.3) is 0 Å². The van der Waals surface area contributed by atoms with Crippen LogP contribution in [0.3, 0.4) is 0 Å². The number of aryl methyl sites for hydroxylation is 1. The second-order valence-corrected chi connectivity index (χ2v) is 4.67. The van der Waals surface area contributed by atoms with Crippen molar-refractivity contribution in [1.82, 2.24) is 0 Å². The zero-order chi connectivity index (χ0) is 14.7. The van der Waals surface area contributed by atoms with E-state index in [9.17, 15) is 13.9 Å². The minimum Gasteiger partial charge on any atom is -0.383 e. The Morgan fingerprint density at radius 3 is 2.65 bits per heavy atom. The van der Waals surface area contributed by atoms with Crippen molar-refractivity contribution in [1.29, 1.82) is 0 Å². The predicted molar refractivity (Wildman–Crippen MR) is 72.3 cm³/mol. The van der Waals surface area contributed by atoms with Crippen molar-refractivity contribution in [3.8, 4) is 0 Å². The van der Waals surface area contributed by atoms with Crippen LogP contribution in [0.2, 0.25) is 0 Å². The first-order valence-electron chi connectivity index (χ1n) is 6.25. The van der Waals surface area contributed by atoms with Crippen molar-refractivity contribution in [3.63, 3.8) is 0 Å². The molecule has 20 heavy (non-hydrogen) atoms. The topological polar surface area (TPSA) is 29.5 Å². The third kappa shape index (κ3) is 2.86. The van der Waals surface area contributed by atoms with Crippen LogP contribution in [0, 0.1) is 18.6 Å². The number of hydrogen-bond donors (Lipinski definition) is 1. The molecule has 0 aliphatic rings. The summed E-state index contributed by atoms with van der Waals surface area (Å²) >= 11 is 0. The molecular weight excluding hydrogens is 262 g/mol. The van der Waals surface area contributed by atoms with Gasteiger partial charge in [-0.2, -0.15) is 0 Å². The molecule has 0 aliphatic heterocycles. The number of aliphatic hydroxyl groups is 1. The summed E-state index contributed by atoms with van der Waals surface area (Å²) in [5.74, 6) is -1.47. The molecule has 4 heteroatoms. The molecule has 1 atom stereocenters. The van der Waals surface area contributed by atoms with E-state index in [0.29, 0.717) is 17.7 Å². The highest BCUT2D eigenvalue weighted by molar-refractivity contribution is 5.36. The molecule has 0 aliphatic carbocycles. The van der Waals surface area contributed by atoms with E-state index in [-0.39, 0.29) is 5.56 Å². The molecule has 0 heterocycles.